The lowest BCUT2D eigenvalue weighted by molar-refractivity contribution is -0.137. The molecule has 0 radical (unpaired) electrons. The first-order chi connectivity index (χ1) is 13.3. The molecule has 0 atom stereocenters. The van der Waals surface area contributed by atoms with Crippen LogP contribution >= 0.6 is 11.8 Å². The molecule has 0 aliphatic rings. The highest BCUT2D eigenvalue weighted by Gasteiger charge is 2.30. The number of carbonyl (C=O) groups excluding carboxylic acids is 1. The summed E-state index contributed by atoms with van der Waals surface area (Å²) in [4.78, 5) is 36.9. The van der Waals surface area contributed by atoms with E-state index in [1.807, 2.05) is 6.92 Å². The maximum absolute atomic E-state index is 12.8. The summed E-state index contributed by atoms with van der Waals surface area (Å²) in [5.74, 6) is 0.0970. The number of benzene rings is 1. The second-order valence-electron chi connectivity index (χ2n) is 5.63. The molecule has 3 aromatic rings. The standard InChI is InChI=1S/C17H14F3N5O2S/c1-2-28-16-21-7-12-14(24-16)22-9-25(15(12)27)8-13(26)23-11-5-3-4-10(6-11)17(18,19)20/h3-7,9H,2,8H2,1H3,(H,23,26). The zero-order chi connectivity index (χ0) is 20.3. The van der Waals surface area contributed by atoms with Crippen molar-refractivity contribution in [3.63, 3.8) is 0 Å². The first-order valence-electron chi connectivity index (χ1n) is 8.10. The second-order valence-corrected chi connectivity index (χ2v) is 6.86. The zero-order valence-corrected chi connectivity index (χ0v) is 15.3. The van der Waals surface area contributed by atoms with Crippen LogP contribution in [0.5, 0.6) is 0 Å². The number of halogens is 3. The van der Waals surface area contributed by atoms with Crippen LogP contribution in [-0.2, 0) is 17.5 Å². The van der Waals surface area contributed by atoms with Crippen LogP contribution in [0.1, 0.15) is 12.5 Å². The molecule has 0 fully saturated rings. The van der Waals surface area contributed by atoms with Crippen molar-refractivity contribution in [1.82, 2.24) is 19.5 Å². The van der Waals surface area contributed by atoms with Crippen LogP contribution in [0.2, 0.25) is 0 Å². The molecule has 0 saturated heterocycles. The van der Waals surface area contributed by atoms with Crippen LogP contribution in [0.15, 0.2) is 46.7 Å². The SMILES string of the molecule is CCSc1ncc2c(=O)n(CC(=O)Nc3cccc(C(F)(F)F)c3)cnc2n1. The van der Waals surface area contributed by atoms with Gasteiger partial charge in [-0.3, -0.25) is 14.2 Å². The highest BCUT2D eigenvalue weighted by Crippen LogP contribution is 2.30. The van der Waals surface area contributed by atoms with E-state index in [1.54, 1.807) is 0 Å². The number of rotatable bonds is 5. The van der Waals surface area contributed by atoms with Gasteiger partial charge in [-0.05, 0) is 24.0 Å². The van der Waals surface area contributed by atoms with E-state index in [0.29, 0.717) is 5.16 Å². The molecule has 2 aromatic heterocycles. The van der Waals surface area contributed by atoms with Gasteiger partial charge in [0, 0.05) is 11.9 Å². The monoisotopic (exact) mass is 409 g/mol. The number of anilines is 1. The quantitative estimate of drug-likeness (QED) is 0.515. The van der Waals surface area contributed by atoms with E-state index < -0.39 is 29.8 Å². The molecular formula is C17H14F3N5O2S. The molecule has 146 valence electrons. The van der Waals surface area contributed by atoms with Gasteiger partial charge in [0.15, 0.2) is 10.8 Å². The summed E-state index contributed by atoms with van der Waals surface area (Å²) < 4.78 is 39.3. The fraction of sp³-hybridized carbons (Fsp3) is 0.235. The first kappa shape index (κ1) is 19.8. The van der Waals surface area contributed by atoms with Crippen molar-refractivity contribution in [3.05, 3.63) is 52.7 Å². The van der Waals surface area contributed by atoms with E-state index >= 15 is 0 Å². The minimum atomic E-state index is -4.52. The Morgan fingerprint density at radius 2 is 2.07 bits per heavy atom. The molecule has 0 aliphatic heterocycles. The summed E-state index contributed by atoms with van der Waals surface area (Å²) in [6.07, 6.45) is -2.00. The summed E-state index contributed by atoms with van der Waals surface area (Å²) in [6, 6.07) is 4.24. The Morgan fingerprint density at radius 3 is 2.79 bits per heavy atom. The van der Waals surface area contributed by atoms with E-state index in [-0.39, 0.29) is 16.7 Å². The minimum Gasteiger partial charge on any atom is -0.325 e. The lowest BCUT2D eigenvalue weighted by Crippen LogP contribution is -2.28. The van der Waals surface area contributed by atoms with Crippen molar-refractivity contribution in [3.8, 4) is 0 Å². The number of hydrogen-bond donors (Lipinski definition) is 1. The molecule has 11 heteroatoms. The Labute approximate surface area is 161 Å². The molecule has 1 amide bonds. The average Bonchev–Trinajstić information content (AvgIpc) is 2.64. The van der Waals surface area contributed by atoms with Crippen LogP contribution in [0.4, 0.5) is 18.9 Å². The highest BCUT2D eigenvalue weighted by molar-refractivity contribution is 7.99. The van der Waals surface area contributed by atoms with Gasteiger partial charge in [-0.1, -0.05) is 24.8 Å². The third-order valence-corrected chi connectivity index (χ3v) is 4.36. The molecule has 2 heterocycles. The molecule has 1 aromatic carbocycles. The van der Waals surface area contributed by atoms with Crippen molar-refractivity contribution >= 4 is 34.4 Å². The first-order valence-corrected chi connectivity index (χ1v) is 9.08. The molecule has 0 unspecified atom stereocenters. The van der Waals surface area contributed by atoms with E-state index in [9.17, 15) is 22.8 Å². The summed E-state index contributed by atoms with van der Waals surface area (Å²) in [5, 5.41) is 2.98. The van der Waals surface area contributed by atoms with E-state index in [2.05, 4.69) is 20.3 Å². The van der Waals surface area contributed by atoms with Crippen molar-refractivity contribution in [1.29, 1.82) is 0 Å². The van der Waals surface area contributed by atoms with Gasteiger partial charge >= 0.3 is 6.18 Å². The summed E-state index contributed by atoms with van der Waals surface area (Å²) in [7, 11) is 0. The van der Waals surface area contributed by atoms with Crippen LogP contribution in [0.3, 0.4) is 0 Å². The average molecular weight is 409 g/mol. The predicted molar refractivity (Wildman–Crippen MR) is 98.1 cm³/mol. The van der Waals surface area contributed by atoms with Crippen molar-refractivity contribution in [2.24, 2.45) is 0 Å². The predicted octanol–water partition coefficient (Wildman–Crippen LogP) is 2.96. The Balaban J connectivity index is 1.79. The number of hydrogen-bond acceptors (Lipinski definition) is 6. The molecule has 0 saturated carbocycles. The van der Waals surface area contributed by atoms with Crippen LogP contribution in [0, 0.1) is 0 Å². The van der Waals surface area contributed by atoms with E-state index in [4.69, 9.17) is 0 Å². The molecule has 3 rings (SSSR count). The number of nitrogens with zero attached hydrogens (tertiary/aromatic N) is 4. The van der Waals surface area contributed by atoms with Gasteiger partial charge in [-0.15, -0.1) is 0 Å². The molecule has 0 aliphatic carbocycles. The maximum Gasteiger partial charge on any atom is 0.416 e. The lowest BCUT2D eigenvalue weighted by atomic mass is 10.2. The van der Waals surface area contributed by atoms with Crippen LogP contribution in [-0.4, -0.2) is 31.2 Å². The number of aromatic nitrogens is 4. The van der Waals surface area contributed by atoms with Gasteiger partial charge in [0.25, 0.3) is 5.56 Å². The Kier molecular flexibility index (Phi) is 5.63. The minimum absolute atomic E-state index is 0.0220. The van der Waals surface area contributed by atoms with Gasteiger partial charge in [-0.2, -0.15) is 13.2 Å². The third kappa shape index (κ3) is 4.47. The van der Waals surface area contributed by atoms with E-state index in [1.165, 1.54) is 36.4 Å². The second kappa shape index (κ2) is 7.97. The normalized spacial score (nSPS) is 11.6. The fourth-order valence-corrected chi connectivity index (χ4v) is 2.91. The maximum atomic E-state index is 12.8. The number of thioether (sulfide) groups is 1. The summed E-state index contributed by atoms with van der Waals surface area (Å²) >= 11 is 1.40. The summed E-state index contributed by atoms with van der Waals surface area (Å²) in [6.45, 7) is 1.52. The number of fused-ring (bicyclic) bond motifs is 1. The molecule has 0 bridgehead atoms. The third-order valence-electron chi connectivity index (χ3n) is 3.62. The topological polar surface area (TPSA) is 89.8 Å². The molecule has 1 N–H and O–H groups in total. The van der Waals surface area contributed by atoms with Crippen molar-refractivity contribution in [2.45, 2.75) is 24.8 Å². The smallest absolute Gasteiger partial charge is 0.325 e. The highest BCUT2D eigenvalue weighted by atomic mass is 32.2. The lowest BCUT2D eigenvalue weighted by Gasteiger charge is -2.10. The molecule has 28 heavy (non-hydrogen) atoms. The van der Waals surface area contributed by atoms with Gasteiger partial charge in [-0.25, -0.2) is 15.0 Å². The molecular weight excluding hydrogens is 395 g/mol. The summed E-state index contributed by atoms with van der Waals surface area (Å²) in [5.41, 5.74) is -1.21. The van der Waals surface area contributed by atoms with Gasteiger partial charge in [0.2, 0.25) is 5.91 Å². The van der Waals surface area contributed by atoms with E-state index in [0.717, 1.165) is 22.5 Å². The number of nitrogens with one attached hydrogen (secondary N) is 1. The van der Waals surface area contributed by atoms with Crippen LogP contribution in [0.25, 0.3) is 11.0 Å². The number of alkyl halides is 3. The Hall–Kier alpha value is -2.95. The van der Waals surface area contributed by atoms with Gasteiger partial charge in [0.05, 0.1) is 5.56 Å². The Morgan fingerprint density at radius 1 is 1.29 bits per heavy atom. The number of carbonyl (C=O) groups is 1. The zero-order valence-electron chi connectivity index (χ0n) is 14.5. The molecule has 0 spiro atoms. The van der Waals surface area contributed by atoms with Crippen molar-refractivity contribution in [2.75, 3.05) is 11.1 Å². The molecule has 7 nitrogen and oxygen atoms in total. The van der Waals surface area contributed by atoms with Gasteiger partial charge < -0.3 is 5.32 Å². The van der Waals surface area contributed by atoms with Gasteiger partial charge in [0.1, 0.15) is 18.3 Å². The largest absolute Gasteiger partial charge is 0.416 e. The van der Waals surface area contributed by atoms with Crippen molar-refractivity contribution < 1.29 is 18.0 Å². The fourth-order valence-electron chi connectivity index (χ4n) is 2.38. The van der Waals surface area contributed by atoms with Crippen LogP contribution < -0.4 is 10.9 Å². The Bertz CT molecular complexity index is 1080. The number of amides is 1.